The molecule has 9 rings (SSSR count). The fourth-order valence-corrected chi connectivity index (χ4v) is 12.9. The molecule has 0 N–H and O–H groups in total. The van der Waals surface area contributed by atoms with Crippen molar-refractivity contribution < 1.29 is 0 Å². The van der Waals surface area contributed by atoms with Crippen LogP contribution in [-0.2, 0) is 38.9 Å². The lowest BCUT2D eigenvalue weighted by molar-refractivity contribution is 0.332. The molecule has 73 heavy (non-hydrogen) atoms. The van der Waals surface area contributed by atoms with E-state index in [4.69, 9.17) is 0 Å². The number of benzene rings is 6. The highest BCUT2D eigenvalue weighted by Gasteiger charge is 2.39. The van der Waals surface area contributed by atoms with Crippen molar-refractivity contribution in [3.8, 4) is 11.1 Å². The minimum atomic E-state index is -0.152. The number of allylic oxidation sites excluding steroid dienone is 2. The predicted molar refractivity (Wildman–Crippen MR) is 326 cm³/mol. The van der Waals surface area contributed by atoms with E-state index in [2.05, 4.69) is 256 Å². The van der Waals surface area contributed by atoms with E-state index in [9.17, 15) is 0 Å². The average Bonchev–Trinajstić information content (AvgIpc) is 3.65. The lowest BCUT2D eigenvalue weighted by atomic mass is 9.60. The van der Waals surface area contributed by atoms with Crippen molar-refractivity contribution in [3.05, 3.63) is 166 Å². The normalized spacial score (nSPS) is 15.8. The number of anilines is 6. The molecule has 0 amide bonds. The molecule has 6 aromatic carbocycles. The molecule has 2 nitrogen and oxygen atoms in total. The second-order valence-electron chi connectivity index (χ2n) is 27.3. The zero-order valence-electron chi connectivity index (χ0n) is 48.1. The molecule has 1 aliphatic carbocycles. The van der Waals surface area contributed by atoms with Gasteiger partial charge in [0.2, 0.25) is 0 Å². The van der Waals surface area contributed by atoms with Crippen molar-refractivity contribution in [3.63, 3.8) is 0 Å². The van der Waals surface area contributed by atoms with Gasteiger partial charge in [-0.1, -0.05) is 189 Å². The molecule has 1 aromatic heterocycles. The van der Waals surface area contributed by atoms with Gasteiger partial charge in [0.25, 0.3) is 0 Å². The van der Waals surface area contributed by atoms with Crippen LogP contribution in [0, 0.1) is 6.92 Å². The Bertz CT molecular complexity index is 3220. The SMILES string of the molecule is C/C=C\CCCc1cc(C(C)(C)C)cc(-c2ccccc2)c1N1c2ccc(C(C)(C)C)cc2Bc2c(sc3cc4c(cc23)C(C)(C)CCC4(C)C)N(c2ccc(C(C)(C)C)cc2)c2cc(C(C)(C)C)cc1c2C. The standard InChI is InChI=1S/C69H85BN2S/c1-19-20-21-23-28-46-37-49(66(9,10)11)38-52(45-26-24-22-25-27-45)62(46)72-57-34-31-48(65(6,7)8)39-56(57)70-61-53-42-54-55(69(17,18)36-35-68(54,15)16)43-60(53)73-63(61)71(51-32-29-47(30-33-51)64(3,4)5)58-40-50(67(12,13)14)41-59(72)44(58)2/h19-20,22,24-27,29-34,37-43,70H,21,23,28,35-36H2,1-18H3/b20-19-. The summed E-state index contributed by atoms with van der Waals surface area (Å²) < 4.78 is 1.38. The Balaban J connectivity index is 1.50. The Hall–Kier alpha value is -5.32. The van der Waals surface area contributed by atoms with Crippen LogP contribution < -0.4 is 20.7 Å². The molecule has 7 aromatic rings. The summed E-state index contributed by atoms with van der Waals surface area (Å²) in [4.78, 5) is 5.44. The third-order valence-electron chi connectivity index (χ3n) is 16.6. The van der Waals surface area contributed by atoms with Crippen LogP contribution in [0.5, 0.6) is 0 Å². The second kappa shape index (κ2) is 18.8. The Morgan fingerprint density at radius 3 is 1.74 bits per heavy atom. The van der Waals surface area contributed by atoms with Crippen molar-refractivity contribution in [2.75, 3.05) is 9.80 Å². The minimum Gasteiger partial charge on any atom is -0.310 e. The van der Waals surface area contributed by atoms with Gasteiger partial charge >= 0.3 is 0 Å². The van der Waals surface area contributed by atoms with Crippen molar-refractivity contribution in [2.24, 2.45) is 0 Å². The van der Waals surface area contributed by atoms with Crippen molar-refractivity contribution in [1.29, 1.82) is 0 Å². The third-order valence-corrected chi connectivity index (χ3v) is 17.8. The number of rotatable bonds is 7. The fourth-order valence-electron chi connectivity index (χ4n) is 11.6. The van der Waals surface area contributed by atoms with Crippen LogP contribution in [0.15, 0.2) is 121 Å². The Labute approximate surface area is 446 Å². The first-order chi connectivity index (χ1) is 34.1. The van der Waals surface area contributed by atoms with Crippen LogP contribution in [0.2, 0.25) is 0 Å². The number of hydrogen-bond donors (Lipinski definition) is 0. The van der Waals surface area contributed by atoms with E-state index in [1.807, 2.05) is 11.3 Å². The Kier molecular flexibility index (Phi) is 13.5. The monoisotopic (exact) mass is 985 g/mol. The number of hydrogen-bond acceptors (Lipinski definition) is 3. The lowest BCUT2D eigenvalue weighted by Gasteiger charge is -2.42. The quantitative estimate of drug-likeness (QED) is 0.0892. The molecule has 0 saturated heterocycles. The largest absolute Gasteiger partial charge is 0.310 e. The molecule has 0 saturated carbocycles. The van der Waals surface area contributed by atoms with Crippen molar-refractivity contribution in [1.82, 2.24) is 0 Å². The zero-order chi connectivity index (χ0) is 52.8. The Morgan fingerprint density at radius 2 is 1.15 bits per heavy atom. The van der Waals surface area contributed by atoms with Gasteiger partial charge in [-0.3, -0.25) is 0 Å². The first-order valence-electron chi connectivity index (χ1n) is 27.5. The summed E-state index contributed by atoms with van der Waals surface area (Å²) in [6.45, 7) is 42.9. The fraction of sp³-hybridized carbons (Fsp3) is 0.420. The number of fused-ring (bicyclic) bond motifs is 7. The van der Waals surface area contributed by atoms with Gasteiger partial charge in [0.15, 0.2) is 7.28 Å². The summed E-state index contributed by atoms with van der Waals surface area (Å²) in [5.74, 6) is 0. The molecule has 0 atom stereocenters. The summed E-state index contributed by atoms with van der Waals surface area (Å²) in [5, 5.41) is 2.72. The highest BCUT2D eigenvalue weighted by atomic mass is 32.1. The summed E-state index contributed by atoms with van der Waals surface area (Å²) in [5.41, 5.74) is 22.6. The van der Waals surface area contributed by atoms with Gasteiger partial charge in [0.05, 0.1) is 22.1 Å². The van der Waals surface area contributed by atoms with Gasteiger partial charge < -0.3 is 9.80 Å². The molecule has 4 heteroatoms. The van der Waals surface area contributed by atoms with E-state index in [-0.39, 0.29) is 32.5 Å². The lowest BCUT2D eigenvalue weighted by Crippen LogP contribution is -2.37. The molecule has 0 unspecified atom stereocenters. The number of unbranched alkanes of at least 4 members (excludes halogenated alkanes) is 1. The smallest absolute Gasteiger partial charge is 0.199 e. The van der Waals surface area contributed by atoms with Gasteiger partial charge in [0.1, 0.15) is 0 Å². The van der Waals surface area contributed by atoms with Crippen molar-refractivity contribution in [2.45, 2.75) is 189 Å². The maximum Gasteiger partial charge on any atom is 0.199 e. The topological polar surface area (TPSA) is 6.48 Å². The first-order valence-corrected chi connectivity index (χ1v) is 28.3. The van der Waals surface area contributed by atoms with E-state index < -0.39 is 0 Å². The highest BCUT2D eigenvalue weighted by Crippen LogP contribution is 2.54. The van der Waals surface area contributed by atoms with E-state index in [1.165, 1.54) is 123 Å². The van der Waals surface area contributed by atoms with E-state index in [1.54, 1.807) is 0 Å². The molecule has 0 radical (unpaired) electrons. The molecule has 0 spiro atoms. The van der Waals surface area contributed by atoms with Gasteiger partial charge in [-0.25, -0.2) is 0 Å². The highest BCUT2D eigenvalue weighted by molar-refractivity contribution is 7.25. The predicted octanol–water partition coefficient (Wildman–Crippen LogP) is 19.0. The molecule has 2 bridgehead atoms. The van der Waals surface area contributed by atoms with Gasteiger partial charge in [0, 0.05) is 21.6 Å². The molecule has 0 fully saturated rings. The van der Waals surface area contributed by atoms with E-state index >= 15 is 0 Å². The summed E-state index contributed by atoms with van der Waals surface area (Å²) >= 11 is 2.00. The van der Waals surface area contributed by atoms with Crippen molar-refractivity contribution >= 4 is 73.1 Å². The van der Waals surface area contributed by atoms with E-state index in [0.717, 1.165) is 26.5 Å². The number of nitrogens with zero attached hydrogens (tertiary/aromatic N) is 2. The van der Waals surface area contributed by atoms with Crippen LogP contribution in [0.25, 0.3) is 21.2 Å². The van der Waals surface area contributed by atoms with Crippen LogP contribution >= 0.6 is 11.3 Å². The van der Waals surface area contributed by atoms with Gasteiger partial charge in [-0.15, -0.1) is 11.3 Å². The summed E-state index contributed by atoms with van der Waals surface area (Å²) in [7, 11) is 0.789. The maximum absolute atomic E-state index is 2.75. The number of thiophene rings is 1. The van der Waals surface area contributed by atoms with Crippen LogP contribution in [0.3, 0.4) is 0 Å². The average molecular weight is 985 g/mol. The second-order valence-corrected chi connectivity index (χ2v) is 28.3. The van der Waals surface area contributed by atoms with Crippen LogP contribution in [0.4, 0.5) is 33.4 Å². The molecule has 1 aliphatic heterocycles. The minimum absolute atomic E-state index is 0.0272. The zero-order valence-corrected chi connectivity index (χ0v) is 48.9. The maximum atomic E-state index is 2.75. The summed E-state index contributed by atoms with van der Waals surface area (Å²) in [6.07, 6.45) is 9.99. The third kappa shape index (κ3) is 10.0. The Morgan fingerprint density at radius 1 is 0.589 bits per heavy atom. The number of aryl methyl sites for hydroxylation is 1. The van der Waals surface area contributed by atoms with Crippen LogP contribution in [-0.4, -0.2) is 7.28 Å². The van der Waals surface area contributed by atoms with Crippen LogP contribution in [0.1, 0.15) is 188 Å². The van der Waals surface area contributed by atoms with Gasteiger partial charge in [-0.05, 0) is 188 Å². The summed E-state index contributed by atoms with van der Waals surface area (Å²) in [6, 6.07) is 43.9. The van der Waals surface area contributed by atoms with Gasteiger partial charge in [-0.2, -0.15) is 0 Å². The molecule has 2 heterocycles. The first kappa shape index (κ1) is 52.5. The van der Waals surface area contributed by atoms with E-state index in [0.29, 0.717) is 0 Å². The molecule has 380 valence electrons. The molecular weight excluding hydrogens is 900 g/mol. The molecule has 2 aliphatic rings. The molecular formula is C69H85BN2S.